The summed E-state index contributed by atoms with van der Waals surface area (Å²) in [7, 11) is 1.36. The third kappa shape index (κ3) is 4.64. The first kappa shape index (κ1) is 24.1. The summed E-state index contributed by atoms with van der Waals surface area (Å²) >= 11 is 0. The molecule has 2 heterocycles. The van der Waals surface area contributed by atoms with Gasteiger partial charge in [-0.05, 0) is 17.7 Å². The molecule has 2 aliphatic rings. The van der Waals surface area contributed by atoms with Crippen LogP contribution in [0, 0.1) is 0 Å². The molecule has 176 valence electrons. The topological polar surface area (TPSA) is 199 Å². The molecule has 0 radical (unpaired) electrons. The standard InChI is InChI=1S/C19H28O12/c1-28-9-3-2-7(4-8(9)22)17-16(27)18(13(24)11(6-21)29-17)31-19-15(26)14(25)12(23)10(5-20)30-19/h2-4,10-27H,5-6H2,1H3/t10-,11-,12-,13-,14+,15+,16-,17-,18+,19-/m1/s1. The fourth-order valence-electron chi connectivity index (χ4n) is 3.74. The van der Waals surface area contributed by atoms with Crippen molar-refractivity contribution in [1.82, 2.24) is 0 Å². The zero-order valence-corrected chi connectivity index (χ0v) is 16.6. The molecule has 0 spiro atoms. The first-order chi connectivity index (χ1) is 14.7. The minimum Gasteiger partial charge on any atom is -0.504 e. The van der Waals surface area contributed by atoms with Gasteiger partial charge in [0.15, 0.2) is 17.8 Å². The van der Waals surface area contributed by atoms with Crippen molar-refractivity contribution in [3.8, 4) is 11.5 Å². The van der Waals surface area contributed by atoms with Gasteiger partial charge in [-0.2, -0.15) is 0 Å². The van der Waals surface area contributed by atoms with Gasteiger partial charge in [-0.3, -0.25) is 0 Å². The number of ether oxygens (including phenoxy) is 4. The Hall–Kier alpha value is -1.58. The Morgan fingerprint density at radius 2 is 1.48 bits per heavy atom. The molecule has 2 aliphatic heterocycles. The first-order valence-corrected chi connectivity index (χ1v) is 9.68. The van der Waals surface area contributed by atoms with Gasteiger partial charge in [-0.1, -0.05) is 6.07 Å². The second-order valence-electron chi connectivity index (χ2n) is 7.49. The van der Waals surface area contributed by atoms with E-state index in [0.29, 0.717) is 5.56 Å². The minimum atomic E-state index is -1.75. The molecule has 1 aromatic rings. The van der Waals surface area contributed by atoms with E-state index >= 15 is 0 Å². The van der Waals surface area contributed by atoms with Crippen LogP contribution in [0.25, 0.3) is 0 Å². The number of phenolic OH excluding ortho intramolecular Hbond substituents is 1. The van der Waals surface area contributed by atoms with Crippen LogP contribution >= 0.6 is 0 Å². The molecule has 0 aliphatic carbocycles. The van der Waals surface area contributed by atoms with Crippen LogP contribution in [-0.2, 0) is 14.2 Å². The van der Waals surface area contributed by atoms with Crippen molar-refractivity contribution >= 4 is 0 Å². The van der Waals surface area contributed by atoms with E-state index < -0.39 is 74.4 Å². The van der Waals surface area contributed by atoms with Crippen molar-refractivity contribution in [1.29, 1.82) is 0 Å². The molecule has 2 fully saturated rings. The summed E-state index contributed by atoms with van der Waals surface area (Å²) < 4.78 is 21.4. The number of benzene rings is 1. The quantitative estimate of drug-likeness (QED) is 0.216. The number of methoxy groups -OCH3 is 1. The van der Waals surface area contributed by atoms with Gasteiger partial charge in [0.2, 0.25) is 0 Å². The highest BCUT2D eigenvalue weighted by Gasteiger charge is 2.50. The second kappa shape index (κ2) is 9.92. The molecule has 0 saturated carbocycles. The normalized spacial score (nSPS) is 41.2. The largest absolute Gasteiger partial charge is 0.504 e. The summed E-state index contributed by atoms with van der Waals surface area (Å²) in [6, 6.07) is 4.22. The maximum absolute atomic E-state index is 10.8. The van der Waals surface area contributed by atoms with Crippen molar-refractivity contribution in [2.75, 3.05) is 20.3 Å². The third-order valence-corrected chi connectivity index (χ3v) is 5.54. The Bertz CT molecular complexity index is 730. The number of hydrogen-bond donors (Lipinski definition) is 8. The van der Waals surface area contributed by atoms with Gasteiger partial charge in [0.05, 0.1) is 20.3 Å². The Kier molecular flexibility index (Phi) is 7.70. The fraction of sp³-hybridized carbons (Fsp3) is 0.684. The summed E-state index contributed by atoms with van der Waals surface area (Å²) in [6.07, 6.45) is -14.9. The molecule has 10 atom stereocenters. The van der Waals surface area contributed by atoms with E-state index in [0.717, 1.165) is 0 Å². The molecule has 0 unspecified atom stereocenters. The van der Waals surface area contributed by atoms with E-state index in [2.05, 4.69) is 0 Å². The zero-order valence-electron chi connectivity index (χ0n) is 16.6. The van der Waals surface area contributed by atoms with Crippen LogP contribution in [-0.4, -0.2) is 116 Å². The predicted molar refractivity (Wildman–Crippen MR) is 100 cm³/mol. The second-order valence-corrected chi connectivity index (χ2v) is 7.49. The van der Waals surface area contributed by atoms with Crippen LogP contribution in [0.5, 0.6) is 11.5 Å². The summed E-state index contributed by atoms with van der Waals surface area (Å²) in [4.78, 5) is 0. The van der Waals surface area contributed by atoms with Crippen LogP contribution in [0.15, 0.2) is 18.2 Å². The predicted octanol–water partition coefficient (Wildman–Crippen LogP) is -3.26. The van der Waals surface area contributed by atoms with Crippen LogP contribution in [0.3, 0.4) is 0 Å². The van der Waals surface area contributed by atoms with Gasteiger partial charge in [0.25, 0.3) is 0 Å². The highest BCUT2D eigenvalue weighted by molar-refractivity contribution is 5.42. The van der Waals surface area contributed by atoms with E-state index in [1.807, 2.05) is 0 Å². The number of hydrogen-bond acceptors (Lipinski definition) is 12. The molecule has 1 aromatic carbocycles. The van der Waals surface area contributed by atoms with E-state index in [9.17, 15) is 40.9 Å². The van der Waals surface area contributed by atoms with Crippen molar-refractivity contribution < 1.29 is 59.8 Å². The molecule has 0 bridgehead atoms. The molecule has 31 heavy (non-hydrogen) atoms. The fourth-order valence-corrected chi connectivity index (χ4v) is 3.74. The lowest BCUT2D eigenvalue weighted by atomic mass is 9.90. The Morgan fingerprint density at radius 3 is 2.06 bits per heavy atom. The van der Waals surface area contributed by atoms with Crippen LogP contribution < -0.4 is 4.74 Å². The van der Waals surface area contributed by atoms with Crippen molar-refractivity contribution in [3.05, 3.63) is 23.8 Å². The Morgan fingerprint density at radius 1 is 0.839 bits per heavy atom. The van der Waals surface area contributed by atoms with Crippen molar-refractivity contribution in [3.63, 3.8) is 0 Å². The summed E-state index contributed by atoms with van der Waals surface area (Å²) in [5, 5.41) is 80.3. The molecule has 12 nitrogen and oxygen atoms in total. The first-order valence-electron chi connectivity index (χ1n) is 9.68. The third-order valence-electron chi connectivity index (χ3n) is 5.54. The van der Waals surface area contributed by atoms with Gasteiger partial charge >= 0.3 is 0 Å². The maximum Gasteiger partial charge on any atom is 0.187 e. The number of aromatic hydroxyl groups is 1. The molecular weight excluding hydrogens is 420 g/mol. The molecule has 3 rings (SSSR count). The average Bonchev–Trinajstić information content (AvgIpc) is 2.76. The van der Waals surface area contributed by atoms with E-state index in [4.69, 9.17) is 18.9 Å². The van der Waals surface area contributed by atoms with Crippen LogP contribution in [0.2, 0.25) is 0 Å². The SMILES string of the molecule is COc1ccc([C@H]2O[C@H](CO)[C@@H](O)[C@H](O[C@H]3O[C@H](CO)[C@@H](O)[C@H](O)[C@@H]3O)[C@@H]2O)cc1O. The summed E-state index contributed by atoms with van der Waals surface area (Å²) in [5.41, 5.74) is 0.290. The van der Waals surface area contributed by atoms with E-state index in [1.165, 1.54) is 25.3 Å². The maximum atomic E-state index is 10.8. The monoisotopic (exact) mass is 448 g/mol. The molecule has 0 amide bonds. The zero-order chi connectivity index (χ0) is 22.9. The molecule has 0 aromatic heterocycles. The van der Waals surface area contributed by atoms with E-state index in [1.54, 1.807) is 0 Å². The molecular formula is C19H28O12. The Labute approximate surface area is 177 Å². The lowest BCUT2D eigenvalue weighted by molar-refractivity contribution is -0.342. The van der Waals surface area contributed by atoms with Gasteiger partial charge in [0.1, 0.15) is 54.9 Å². The average molecular weight is 448 g/mol. The number of aliphatic hydroxyl groups excluding tert-OH is 7. The highest BCUT2D eigenvalue weighted by atomic mass is 16.7. The van der Waals surface area contributed by atoms with Gasteiger partial charge in [-0.25, -0.2) is 0 Å². The summed E-state index contributed by atoms with van der Waals surface area (Å²) in [5.74, 6) is -0.0456. The number of aliphatic hydroxyl groups is 7. The van der Waals surface area contributed by atoms with Crippen molar-refractivity contribution in [2.45, 2.75) is 61.2 Å². The lowest BCUT2D eigenvalue weighted by Gasteiger charge is -2.46. The molecule has 8 N–H and O–H groups in total. The van der Waals surface area contributed by atoms with E-state index in [-0.39, 0.29) is 11.5 Å². The van der Waals surface area contributed by atoms with Crippen LogP contribution in [0.1, 0.15) is 11.7 Å². The smallest absolute Gasteiger partial charge is 0.187 e. The summed E-state index contributed by atoms with van der Waals surface area (Å²) in [6.45, 7) is -1.32. The van der Waals surface area contributed by atoms with Crippen molar-refractivity contribution in [2.24, 2.45) is 0 Å². The highest BCUT2D eigenvalue weighted by Crippen LogP contribution is 2.38. The number of phenols is 1. The van der Waals surface area contributed by atoms with Gasteiger partial charge < -0.3 is 59.8 Å². The van der Waals surface area contributed by atoms with Gasteiger partial charge in [0, 0.05) is 0 Å². The molecule has 2 saturated heterocycles. The lowest BCUT2D eigenvalue weighted by Crippen LogP contribution is -2.63. The van der Waals surface area contributed by atoms with Crippen LogP contribution in [0.4, 0.5) is 0 Å². The number of rotatable bonds is 6. The Balaban J connectivity index is 1.85. The minimum absolute atomic E-state index is 0.182. The van der Waals surface area contributed by atoms with Gasteiger partial charge in [-0.15, -0.1) is 0 Å². The molecule has 12 heteroatoms.